The van der Waals surface area contributed by atoms with Gasteiger partial charge in [0.1, 0.15) is 0 Å². The number of anilines is 2. The summed E-state index contributed by atoms with van der Waals surface area (Å²) in [5.41, 5.74) is 6.67. The normalized spacial score (nSPS) is 14.9. The van der Waals surface area contributed by atoms with E-state index in [1.165, 1.54) is 16.8 Å². The Kier molecular flexibility index (Phi) is 8.12. The molecule has 0 aromatic heterocycles. The molecule has 5 heteroatoms. The van der Waals surface area contributed by atoms with Crippen molar-refractivity contribution in [3.05, 3.63) is 89.5 Å². The van der Waals surface area contributed by atoms with Crippen molar-refractivity contribution in [2.24, 2.45) is 5.41 Å². The number of carbonyl (C=O) groups excluding carboxylic acids is 1. The van der Waals surface area contributed by atoms with E-state index >= 15 is 0 Å². The SMILES string of the molecule is Cc1ccc(NC(=O)C2(Cc3ccc(-c4ccc(N(C)C)cc4)cc3)CCCCC2)cc1/C=C/C(=O)O. The van der Waals surface area contributed by atoms with Gasteiger partial charge in [-0.2, -0.15) is 0 Å². The zero-order valence-corrected chi connectivity index (χ0v) is 22.0. The first-order valence-electron chi connectivity index (χ1n) is 13.0. The minimum absolute atomic E-state index is 0.0487. The van der Waals surface area contributed by atoms with Gasteiger partial charge in [-0.15, -0.1) is 0 Å². The molecule has 1 aliphatic rings. The Morgan fingerprint density at radius 2 is 1.54 bits per heavy atom. The second-order valence-electron chi connectivity index (χ2n) is 10.4. The third-order valence-corrected chi connectivity index (χ3v) is 7.45. The number of carboxylic acid groups (broad SMARTS) is 1. The van der Waals surface area contributed by atoms with E-state index in [0.29, 0.717) is 12.1 Å². The first-order chi connectivity index (χ1) is 17.8. The van der Waals surface area contributed by atoms with Crippen molar-refractivity contribution in [3.8, 4) is 11.1 Å². The summed E-state index contributed by atoms with van der Waals surface area (Å²) < 4.78 is 0. The summed E-state index contributed by atoms with van der Waals surface area (Å²) in [4.78, 5) is 26.7. The summed E-state index contributed by atoms with van der Waals surface area (Å²) in [6.07, 6.45) is 8.38. The van der Waals surface area contributed by atoms with E-state index in [1.807, 2.05) is 39.2 Å². The van der Waals surface area contributed by atoms with Crippen molar-refractivity contribution in [1.29, 1.82) is 0 Å². The number of hydrogen-bond donors (Lipinski definition) is 2. The molecular formula is C32H36N2O3. The van der Waals surface area contributed by atoms with Gasteiger partial charge < -0.3 is 15.3 Å². The van der Waals surface area contributed by atoms with E-state index in [4.69, 9.17) is 5.11 Å². The predicted molar refractivity (Wildman–Crippen MR) is 152 cm³/mol. The van der Waals surface area contributed by atoms with Gasteiger partial charge in [0.2, 0.25) is 5.91 Å². The topological polar surface area (TPSA) is 69.6 Å². The molecule has 5 nitrogen and oxygen atoms in total. The summed E-state index contributed by atoms with van der Waals surface area (Å²) in [5.74, 6) is -0.945. The zero-order valence-electron chi connectivity index (χ0n) is 22.0. The molecule has 3 aromatic rings. The third kappa shape index (κ3) is 6.48. The van der Waals surface area contributed by atoms with E-state index in [-0.39, 0.29) is 5.91 Å². The average molecular weight is 497 g/mol. The Balaban J connectivity index is 1.52. The number of amides is 1. The molecule has 2 N–H and O–H groups in total. The van der Waals surface area contributed by atoms with Crippen LogP contribution in [0.25, 0.3) is 17.2 Å². The quantitative estimate of drug-likeness (QED) is 0.331. The number of benzene rings is 3. The molecule has 1 saturated carbocycles. The highest BCUT2D eigenvalue weighted by Gasteiger charge is 2.39. The number of hydrogen-bond acceptors (Lipinski definition) is 3. The molecule has 0 unspecified atom stereocenters. The lowest BCUT2D eigenvalue weighted by Crippen LogP contribution is -2.40. The fourth-order valence-electron chi connectivity index (χ4n) is 5.19. The van der Waals surface area contributed by atoms with Crippen LogP contribution in [0.5, 0.6) is 0 Å². The second-order valence-corrected chi connectivity index (χ2v) is 10.4. The summed E-state index contributed by atoms with van der Waals surface area (Å²) in [5, 5.41) is 12.1. The Morgan fingerprint density at radius 3 is 2.14 bits per heavy atom. The summed E-state index contributed by atoms with van der Waals surface area (Å²) in [6, 6.07) is 22.8. The van der Waals surface area contributed by atoms with Gasteiger partial charge in [0.05, 0.1) is 5.41 Å². The average Bonchev–Trinajstić information content (AvgIpc) is 2.90. The molecule has 0 radical (unpaired) electrons. The van der Waals surface area contributed by atoms with Gasteiger partial charge in [0.15, 0.2) is 0 Å². The van der Waals surface area contributed by atoms with Crippen molar-refractivity contribution >= 4 is 29.3 Å². The number of carboxylic acids is 1. The van der Waals surface area contributed by atoms with Crippen LogP contribution in [0.1, 0.15) is 48.8 Å². The molecule has 192 valence electrons. The minimum Gasteiger partial charge on any atom is -0.478 e. The molecule has 37 heavy (non-hydrogen) atoms. The Labute approximate surface area is 219 Å². The number of rotatable bonds is 8. The first kappa shape index (κ1) is 26.2. The molecule has 0 bridgehead atoms. The summed E-state index contributed by atoms with van der Waals surface area (Å²) in [7, 11) is 4.07. The summed E-state index contributed by atoms with van der Waals surface area (Å²) in [6.45, 7) is 1.93. The molecule has 1 aliphatic carbocycles. The molecule has 4 rings (SSSR count). The molecule has 0 spiro atoms. The van der Waals surface area contributed by atoms with Crippen LogP contribution in [-0.2, 0) is 16.0 Å². The standard InChI is InChI=1S/C32H36N2O3/c1-23-7-15-28(21-27(23)14-18-30(35)36)33-31(37)32(19-5-4-6-20-32)22-24-8-10-25(11-9-24)26-12-16-29(17-13-26)34(2)3/h7-18,21H,4-6,19-20,22H2,1-3H3,(H,33,37)(H,35,36)/b18-14+. The molecule has 0 saturated heterocycles. The lowest BCUT2D eigenvalue weighted by atomic mass is 9.69. The van der Waals surface area contributed by atoms with Crippen molar-refractivity contribution < 1.29 is 14.7 Å². The highest BCUT2D eigenvalue weighted by Crippen LogP contribution is 2.41. The van der Waals surface area contributed by atoms with Gasteiger partial charge in [-0.05, 0) is 84.3 Å². The van der Waals surface area contributed by atoms with Crippen molar-refractivity contribution in [3.63, 3.8) is 0 Å². The second kappa shape index (κ2) is 11.5. The number of nitrogens with zero attached hydrogens (tertiary/aromatic N) is 1. The predicted octanol–water partition coefficient (Wildman–Crippen LogP) is 6.96. The van der Waals surface area contributed by atoms with Crippen LogP contribution >= 0.6 is 0 Å². The third-order valence-electron chi connectivity index (χ3n) is 7.45. The van der Waals surface area contributed by atoms with Gasteiger partial charge in [0.25, 0.3) is 0 Å². The van der Waals surface area contributed by atoms with Crippen LogP contribution in [-0.4, -0.2) is 31.1 Å². The summed E-state index contributed by atoms with van der Waals surface area (Å²) >= 11 is 0. The number of aliphatic carboxylic acids is 1. The van der Waals surface area contributed by atoms with Crippen LogP contribution in [0.4, 0.5) is 11.4 Å². The van der Waals surface area contributed by atoms with Gasteiger partial charge in [0, 0.05) is 31.5 Å². The maximum atomic E-state index is 13.7. The first-order valence-corrected chi connectivity index (χ1v) is 13.0. The number of carbonyl (C=O) groups is 2. The molecule has 0 heterocycles. The van der Waals surface area contributed by atoms with Gasteiger partial charge in [-0.25, -0.2) is 4.79 Å². The van der Waals surface area contributed by atoms with E-state index in [1.54, 1.807) is 6.08 Å². The highest BCUT2D eigenvalue weighted by atomic mass is 16.4. The molecule has 0 aliphatic heterocycles. The number of aryl methyl sites for hydroxylation is 1. The van der Waals surface area contributed by atoms with Crippen molar-refractivity contribution in [2.75, 3.05) is 24.3 Å². The van der Waals surface area contributed by atoms with E-state index in [9.17, 15) is 9.59 Å². The van der Waals surface area contributed by atoms with E-state index in [0.717, 1.165) is 54.9 Å². The van der Waals surface area contributed by atoms with Crippen molar-refractivity contribution in [1.82, 2.24) is 0 Å². The maximum absolute atomic E-state index is 13.7. The van der Waals surface area contributed by atoms with Gasteiger partial charge in [-0.3, -0.25) is 4.79 Å². The Bertz CT molecular complexity index is 1270. The largest absolute Gasteiger partial charge is 0.478 e. The van der Waals surface area contributed by atoms with Crippen LogP contribution in [0, 0.1) is 12.3 Å². The van der Waals surface area contributed by atoms with Crippen LogP contribution in [0.15, 0.2) is 72.8 Å². The molecule has 1 amide bonds. The van der Waals surface area contributed by atoms with E-state index in [2.05, 4.69) is 58.7 Å². The van der Waals surface area contributed by atoms with E-state index < -0.39 is 11.4 Å². The smallest absolute Gasteiger partial charge is 0.328 e. The van der Waals surface area contributed by atoms with Crippen LogP contribution < -0.4 is 10.2 Å². The van der Waals surface area contributed by atoms with Gasteiger partial charge >= 0.3 is 5.97 Å². The number of nitrogens with one attached hydrogen (secondary N) is 1. The lowest BCUT2D eigenvalue weighted by molar-refractivity contribution is -0.131. The minimum atomic E-state index is -0.994. The Morgan fingerprint density at radius 1 is 0.919 bits per heavy atom. The fourth-order valence-corrected chi connectivity index (χ4v) is 5.19. The zero-order chi connectivity index (χ0) is 26.4. The molecule has 1 fully saturated rings. The highest BCUT2D eigenvalue weighted by molar-refractivity contribution is 5.96. The van der Waals surface area contributed by atoms with Crippen molar-refractivity contribution in [2.45, 2.75) is 45.4 Å². The molecular weight excluding hydrogens is 460 g/mol. The molecule has 0 atom stereocenters. The van der Waals surface area contributed by atoms with Crippen LogP contribution in [0.2, 0.25) is 0 Å². The lowest BCUT2D eigenvalue weighted by Gasteiger charge is -2.36. The van der Waals surface area contributed by atoms with Gasteiger partial charge in [-0.1, -0.05) is 61.7 Å². The molecule has 3 aromatic carbocycles. The van der Waals surface area contributed by atoms with Crippen LogP contribution in [0.3, 0.4) is 0 Å². The maximum Gasteiger partial charge on any atom is 0.328 e. The monoisotopic (exact) mass is 496 g/mol. The fraction of sp³-hybridized carbons (Fsp3) is 0.312. The Hall–Kier alpha value is -3.86.